The zero-order valence-electron chi connectivity index (χ0n) is 9.65. The smallest absolute Gasteiger partial charge is 0.0998 e. The van der Waals surface area contributed by atoms with Crippen LogP contribution < -0.4 is 0 Å². The van der Waals surface area contributed by atoms with Gasteiger partial charge < -0.3 is 0 Å². The van der Waals surface area contributed by atoms with Crippen molar-refractivity contribution in [2.45, 2.75) is 6.04 Å². The molecule has 0 unspecified atom stereocenters. The van der Waals surface area contributed by atoms with Crippen LogP contribution in [0.5, 0.6) is 0 Å². The first kappa shape index (κ1) is 11.3. The summed E-state index contributed by atoms with van der Waals surface area (Å²) in [6.07, 6.45) is 0. The Morgan fingerprint density at radius 2 is 1.29 bits per heavy atom. The molecule has 0 saturated carbocycles. The molecular formula is C14H14N2O. The molecule has 3 heteroatoms. The summed E-state index contributed by atoms with van der Waals surface area (Å²) in [5, 5.41) is 4.46. The lowest BCUT2D eigenvalue weighted by Crippen LogP contribution is -2.19. The number of rotatable bonds is 4. The van der Waals surface area contributed by atoms with Gasteiger partial charge in [-0.15, -0.1) is 4.91 Å². The van der Waals surface area contributed by atoms with Crippen molar-refractivity contribution in [3.8, 4) is 0 Å². The van der Waals surface area contributed by atoms with Crippen LogP contribution in [0.25, 0.3) is 0 Å². The van der Waals surface area contributed by atoms with Gasteiger partial charge in [0.2, 0.25) is 0 Å². The second-order valence-electron chi connectivity index (χ2n) is 3.88. The molecule has 0 aliphatic rings. The number of hydrogen-bond acceptors (Lipinski definition) is 2. The lowest BCUT2D eigenvalue weighted by atomic mass is 9.99. The summed E-state index contributed by atoms with van der Waals surface area (Å²) in [4.78, 5) is 10.8. The normalized spacial score (nSPS) is 10.2. The maximum atomic E-state index is 10.8. The van der Waals surface area contributed by atoms with Crippen molar-refractivity contribution < 1.29 is 0 Å². The molecule has 17 heavy (non-hydrogen) atoms. The van der Waals surface area contributed by atoms with Crippen molar-refractivity contribution in [3.05, 3.63) is 76.7 Å². The SMILES string of the molecule is CN(N=O)C(c1ccccc1)c1ccccc1. The van der Waals surface area contributed by atoms with Crippen molar-refractivity contribution in [2.24, 2.45) is 5.29 Å². The molecule has 0 bridgehead atoms. The second kappa shape index (κ2) is 5.25. The highest BCUT2D eigenvalue weighted by Crippen LogP contribution is 2.27. The third kappa shape index (κ3) is 2.50. The number of nitroso groups, excluding NO2 is 1. The van der Waals surface area contributed by atoms with Gasteiger partial charge in [-0.2, -0.15) is 0 Å². The quantitative estimate of drug-likeness (QED) is 0.591. The molecule has 3 nitrogen and oxygen atoms in total. The fourth-order valence-electron chi connectivity index (χ4n) is 1.94. The highest BCUT2D eigenvalue weighted by atomic mass is 16.3. The van der Waals surface area contributed by atoms with Gasteiger partial charge in [0.05, 0.1) is 11.3 Å². The highest BCUT2D eigenvalue weighted by Gasteiger charge is 2.18. The molecule has 86 valence electrons. The number of hydrogen-bond donors (Lipinski definition) is 0. The van der Waals surface area contributed by atoms with Gasteiger partial charge >= 0.3 is 0 Å². The predicted molar refractivity (Wildman–Crippen MR) is 68.3 cm³/mol. The first-order valence-corrected chi connectivity index (χ1v) is 5.49. The minimum absolute atomic E-state index is 0.130. The summed E-state index contributed by atoms with van der Waals surface area (Å²) in [6, 6.07) is 19.6. The maximum Gasteiger partial charge on any atom is 0.0998 e. The molecule has 0 aliphatic heterocycles. The lowest BCUT2D eigenvalue weighted by molar-refractivity contribution is 0.290. The van der Waals surface area contributed by atoms with Gasteiger partial charge in [0.1, 0.15) is 0 Å². The van der Waals surface area contributed by atoms with Crippen molar-refractivity contribution in [3.63, 3.8) is 0 Å². The van der Waals surface area contributed by atoms with Gasteiger partial charge in [0.15, 0.2) is 0 Å². The van der Waals surface area contributed by atoms with E-state index in [-0.39, 0.29) is 6.04 Å². The Hall–Kier alpha value is -2.16. The van der Waals surface area contributed by atoms with Crippen molar-refractivity contribution in [2.75, 3.05) is 7.05 Å². The highest BCUT2D eigenvalue weighted by molar-refractivity contribution is 5.31. The van der Waals surface area contributed by atoms with E-state index in [2.05, 4.69) is 5.29 Å². The van der Waals surface area contributed by atoms with E-state index in [4.69, 9.17) is 0 Å². The van der Waals surface area contributed by atoms with Crippen LogP contribution in [0.4, 0.5) is 0 Å². The fourth-order valence-corrected chi connectivity index (χ4v) is 1.94. The summed E-state index contributed by atoms with van der Waals surface area (Å²) in [7, 11) is 1.69. The van der Waals surface area contributed by atoms with Crippen LogP contribution in [0.1, 0.15) is 17.2 Å². The van der Waals surface area contributed by atoms with Gasteiger partial charge in [-0.1, -0.05) is 60.7 Å². The van der Waals surface area contributed by atoms with Crippen LogP contribution in [0.2, 0.25) is 0 Å². The summed E-state index contributed by atoms with van der Waals surface area (Å²) >= 11 is 0. The molecule has 2 aromatic carbocycles. The number of nitrogens with zero attached hydrogens (tertiary/aromatic N) is 2. The standard InChI is InChI=1S/C14H14N2O/c1-16(15-17)14(12-8-4-2-5-9-12)13-10-6-3-7-11-13/h2-11,14H,1H3. The molecule has 2 rings (SSSR count). The molecule has 0 spiro atoms. The van der Waals surface area contributed by atoms with E-state index in [0.717, 1.165) is 11.1 Å². The minimum atomic E-state index is -0.130. The molecule has 2 aromatic rings. The van der Waals surface area contributed by atoms with Crippen molar-refractivity contribution >= 4 is 0 Å². The Balaban J connectivity index is 2.43. The van der Waals surface area contributed by atoms with E-state index < -0.39 is 0 Å². The van der Waals surface area contributed by atoms with Crippen LogP contribution >= 0.6 is 0 Å². The Morgan fingerprint density at radius 1 is 0.882 bits per heavy atom. The van der Waals surface area contributed by atoms with E-state index in [1.165, 1.54) is 5.01 Å². The van der Waals surface area contributed by atoms with Crippen molar-refractivity contribution in [1.82, 2.24) is 5.01 Å². The average Bonchev–Trinajstić information content (AvgIpc) is 2.41. The Labute approximate surface area is 101 Å². The third-order valence-electron chi connectivity index (χ3n) is 2.73. The van der Waals surface area contributed by atoms with E-state index in [0.29, 0.717) is 0 Å². The van der Waals surface area contributed by atoms with Gasteiger partial charge in [0, 0.05) is 7.05 Å². The first-order chi connectivity index (χ1) is 8.33. The average molecular weight is 226 g/mol. The molecule has 0 fully saturated rings. The van der Waals surface area contributed by atoms with Crippen molar-refractivity contribution in [1.29, 1.82) is 0 Å². The summed E-state index contributed by atoms with van der Waals surface area (Å²) in [5.74, 6) is 0. The second-order valence-corrected chi connectivity index (χ2v) is 3.88. The topological polar surface area (TPSA) is 32.7 Å². The van der Waals surface area contributed by atoms with Gasteiger partial charge in [-0.25, -0.2) is 0 Å². The Bertz CT molecular complexity index is 431. The zero-order chi connectivity index (χ0) is 12.1. The molecule has 0 radical (unpaired) electrons. The van der Waals surface area contributed by atoms with E-state index in [1.54, 1.807) is 7.05 Å². The molecule has 0 saturated heterocycles. The predicted octanol–water partition coefficient (Wildman–Crippen LogP) is 3.39. The summed E-state index contributed by atoms with van der Waals surface area (Å²) in [5.41, 5.74) is 2.11. The summed E-state index contributed by atoms with van der Waals surface area (Å²) < 4.78 is 0. The molecule has 0 aromatic heterocycles. The number of benzene rings is 2. The third-order valence-corrected chi connectivity index (χ3v) is 2.73. The largest absolute Gasteiger partial charge is 0.252 e. The first-order valence-electron chi connectivity index (χ1n) is 5.49. The van der Waals surface area contributed by atoms with E-state index in [9.17, 15) is 4.91 Å². The van der Waals surface area contributed by atoms with Gasteiger partial charge in [-0.05, 0) is 11.1 Å². The van der Waals surface area contributed by atoms with E-state index >= 15 is 0 Å². The molecular weight excluding hydrogens is 212 g/mol. The van der Waals surface area contributed by atoms with E-state index in [1.807, 2.05) is 60.7 Å². The maximum absolute atomic E-state index is 10.8. The van der Waals surface area contributed by atoms with Crippen LogP contribution in [0.15, 0.2) is 65.9 Å². The van der Waals surface area contributed by atoms with Crippen LogP contribution in [0, 0.1) is 4.91 Å². The Kier molecular flexibility index (Phi) is 3.50. The molecule has 0 aliphatic carbocycles. The van der Waals surface area contributed by atoms with Gasteiger partial charge in [0.25, 0.3) is 0 Å². The molecule has 0 N–H and O–H groups in total. The Morgan fingerprint density at radius 3 is 1.65 bits per heavy atom. The minimum Gasteiger partial charge on any atom is -0.252 e. The van der Waals surface area contributed by atoms with Crippen LogP contribution in [-0.4, -0.2) is 12.1 Å². The molecule has 0 heterocycles. The molecule has 0 atom stereocenters. The summed E-state index contributed by atoms with van der Waals surface area (Å²) in [6.45, 7) is 0. The monoisotopic (exact) mass is 226 g/mol. The molecule has 0 amide bonds. The fraction of sp³-hybridized carbons (Fsp3) is 0.143. The zero-order valence-corrected chi connectivity index (χ0v) is 9.65. The lowest BCUT2D eigenvalue weighted by Gasteiger charge is -2.23. The van der Waals surface area contributed by atoms with Crippen LogP contribution in [0.3, 0.4) is 0 Å². The van der Waals surface area contributed by atoms with Crippen LogP contribution in [-0.2, 0) is 0 Å². The van der Waals surface area contributed by atoms with Gasteiger partial charge in [-0.3, -0.25) is 5.01 Å².